The van der Waals surface area contributed by atoms with Gasteiger partial charge in [-0.25, -0.2) is 0 Å². The number of halogens is 1. The summed E-state index contributed by atoms with van der Waals surface area (Å²) < 4.78 is 6.39. The topological polar surface area (TPSA) is 12.5 Å². The van der Waals surface area contributed by atoms with Gasteiger partial charge < -0.3 is 9.64 Å². The van der Waals surface area contributed by atoms with Crippen LogP contribution in [-0.2, 0) is 4.74 Å². The number of anilines is 1. The zero-order valence-electron chi connectivity index (χ0n) is 7.29. The first-order valence-corrected chi connectivity index (χ1v) is 5.15. The number of hydrogen-bond acceptors (Lipinski definition) is 2. The summed E-state index contributed by atoms with van der Waals surface area (Å²) in [6.45, 7) is 3.57. The molecule has 0 aromatic heterocycles. The third kappa shape index (κ3) is 2.23. The van der Waals surface area contributed by atoms with E-state index in [9.17, 15) is 0 Å². The first-order chi connectivity index (χ1) is 6.36. The van der Waals surface area contributed by atoms with Crippen LogP contribution in [0.5, 0.6) is 0 Å². The molecule has 13 heavy (non-hydrogen) atoms. The first kappa shape index (κ1) is 9.03. The van der Waals surface area contributed by atoms with Crippen molar-refractivity contribution in [3.63, 3.8) is 0 Å². The number of benzene rings is 1. The Morgan fingerprint density at radius 3 is 2.85 bits per heavy atom. The van der Waals surface area contributed by atoms with Crippen LogP contribution in [0.3, 0.4) is 0 Å². The third-order valence-electron chi connectivity index (χ3n) is 2.10. The summed E-state index contributed by atoms with van der Waals surface area (Å²) in [6.07, 6.45) is 0. The molecule has 0 spiro atoms. The van der Waals surface area contributed by atoms with Crippen LogP contribution in [0.15, 0.2) is 22.7 Å². The molecule has 1 radical (unpaired) electrons. The molecule has 0 unspecified atom stereocenters. The van der Waals surface area contributed by atoms with Crippen molar-refractivity contribution in [2.24, 2.45) is 0 Å². The van der Waals surface area contributed by atoms with E-state index in [0.29, 0.717) is 0 Å². The number of hydrogen-bond donors (Lipinski definition) is 0. The van der Waals surface area contributed by atoms with E-state index < -0.39 is 0 Å². The number of rotatable bonds is 1. The fraction of sp³-hybridized carbons (Fsp3) is 0.400. The number of morpholine rings is 1. The van der Waals surface area contributed by atoms with Gasteiger partial charge in [-0.15, -0.1) is 0 Å². The second-order valence-electron chi connectivity index (χ2n) is 2.99. The second-order valence-corrected chi connectivity index (χ2v) is 3.91. The molecule has 0 atom stereocenters. The molecule has 3 heteroatoms. The predicted octanol–water partition coefficient (Wildman–Crippen LogP) is 2.09. The zero-order chi connectivity index (χ0) is 9.10. The van der Waals surface area contributed by atoms with E-state index in [1.807, 2.05) is 12.1 Å². The minimum Gasteiger partial charge on any atom is -0.378 e. The van der Waals surface area contributed by atoms with Crippen molar-refractivity contribution >= 4 is 21.6 Å². The van der Waals surface area contributed by atoms with Gasteiger partial charge >= 0.3 is 0 Å². The monoisotopic (exact) mass is 240 g/mol. The van der Waals surface area contributed by atoms with Crippen molar-refractivity contribution < 1.29 is 4.74 Å². The van der Waals surface area contributed by atoms with E-state index in [-0.39, 0.29) is 0 Å². The summed E-state index contributed by atoms with van der Waals surface area (Å²) in [4.78, 5) is 2.29. The van der Waals surface area contributed by atoms with Crippen LogP contribution >= 0.6 is 15.9 Å². The van der Waals surface area contributed by atoms with Gasteiger partial charge in [-0.2, -0.15) is 0 Å². The zero-order valence-corrected chi connectivity index (χ0v) is 8.88. The largest absolute Gasteiger partial charge is 0.378 e. The van der Waals surface area contributed by atoms with Crippen LogP contribution in [0, 0.1) is 6.07 Å². The molecule has 2 nitrogen and oxygen atoms in total. The molecular weight excluding hydrogens is 230 g/mol. The molecule has 1 aromatic rings. The van der Waals surface area contributed by atoms with E-state index in [0.717, 1.165) is 36.5 Å². The Morgan fingerprint density at radius 2 is 2.15 bits per heavy atom. The third-order valence-corrected chi connectivity index (χ3v) is 2.59. The Morgan fingerprint density at radius 1 is 1.38 bits per heavy atom. The molecule has 1 aliphatic rings. The van der Waals surface area contributed by atoms with E-state index >= 15 is 0 Å². The maximum atomic E-state index is 5.28. The Kier molecular flexibility index (Phi) is 2.86. The standard InChI is InChI=1S/C10H11BrNO/c11-9-2-1-3-10(8-9)12-4-6-13-7-5-12/h1-2,8H,4-7H2. The van der Waals surface area contributed by atoms with Gasteiger partial charge in [-0.3, -0.25) is 0 Å². The van der Waals surface area contributed by atoms with Crippen molar-refractivity contribution in [1.82, 2.24) is 0 Å². The van der Waals surface area contributed by atoms with Crippen LogP contribution in [0.1, 0.15) is 0 Å². The van der Waals surface area contributed by atoms with Crippen LogP contribution in [0.4, 0.5) is 5.69 Å². The van der Waals surface area contributed by atoms with Gasteiger partial charge in [0.2, 0.25) is 0 Å². The summed E-state index contributed by atoms with van der Waals surface area (Å²) in [5.74, 6) is 0. The highest BCUT2D eigenvalue weighted by Gasteiger charge is 2.10. The lowest BCUT2D eigenvalue weighted by Gasteiger charge is -2.28. The molecule has 0 amide bonds. The van der Waals surface area contributed by atoms with E-state index in [1.54, 1.807) is 0 Å². The molecule has 0 N–H and O–H groups in total. The lowest BCUT2D eigenvalue weighted by molar-refractivity contribution is 0.122. The summed E-state index contributed by atoms with van der Waals surface area (Å²) >= 11 is 3.45. The highest BCUT2D eigenvalue weighted by Crippen LogP contribution is 2.19. The Bertz CT molecular complexity index is 284. The first-order valence-electron chi connectivity index (χ1n) is 4.36. The number of ether oxygens (including phenoxy) is 1. The minimum absolute atomic E-state index is 0.820. The molecule has 1 aliphatic heterocycles. The van der Waals surface area contributed by atoms with Crippen LogP contribution in [0.25, 0.3) is 0 Å². The maximum absolute atomic E-state index is 5.28. The van der Waals surface area contributed by atoms with Gasteiger partial charge in [0.15, 0.2) is 0 Å². The highest BCUT2D eigenvalue weighted by molar-refractivity contribution is 9.10. The van der Waals surface area contributed by atoms with Crippen LogP contribution < -0.4 is 4.90 Å². The lowest BCUT2D eigenvalue weighted by atomic mass is 10.3. The fourth-order valence-electron chi connectivity index (χ4n) is 1.41. The summed E-state index contributed by atoms with van der Waals surface area (Å²) in [6, 6.07) is 9.24. The molecule has 69 valence electrons. The summed E-state index contributed by atoms with van der Waals surface area (Å²) in [7, 11) is 0. The molecule has 1 fully saturated rings. The highest BCUT2D eigenvalue weighted by atomic mass is 79.9. The van der Waals surface area contributed by atoms with Gasteiger partial charge in [0.1, 0.15) is 0 Å². The molecule has 0 saturated carbocycles. The van der Waals surface area contributed by atoms with E-state index in [1.165, 1.54) is 0 Å². The van der Waals surface area contributed by atoms with Gasteiger partial charge in [0.25, 0.3) is 0 Å². The van der Waals surface area contributed by atoms with Gasteiger partial charge in [-0.1, -0.05) is 22.0 Å². The average molecular weight is 241 g/mol. The molecule has 1 saturated heterocycles. The molecule has 1 aromatic carbocycles. The Labute approximate surface area is 86.6 Å². The normalized spacial score (nSPS) is 17.5. The molecule has 0 aliphatic carbocycles. The average Bonchev–Trinajstić information content (AvgIpc) is 2.19. The molecular formula is C10H11BrNO. The lowest BCUT2D eigenvalue weighted by Crippen LogP contribution is -2.36. The summed E-state index contributed by atoms with van der Waals surface area (Å²) in [5.41, 5.74) is 1.15. The molecule has 0 bridgehead atoms. The predicted molar refractivity (Wildman–Crippen MR) is 56.0 cm³/mol. The molecule has 2 rings (SSSR count). The number of nitrogens with zero attached hydrogens (tertiary/aromatic N) is 1. The quantitative estimate of drug-likeness (QED) is 0.746. The second kappa shape index (κ2) is 4.11. The van der Waals surface area contributed by atoms with Crippen molar-refractivity contribution in [3.8, 4) is 0 Å². The van der Waals surface area contributed by atoms with Gasteiger partial charge in [0, 0.05) is 29.3 Å². The van der Waals surface area contributed by atoms with Crippen molar-refractivity contribution in [2.75, 3.05) is 31.2 Å². The van der Waals surface area contributed by atoms with Gasteiger partial charge in [0.05, 0.1) is 13.2 Å². The van der Waals surface area contributed by atoms with Crippen LogP contribution in [-0.4, -0.2) is 26.3 Å². The summed E-state index contributed by atoms with van der Waals surface area (Å²) in [5, 5.41) is 0. The smallest absolute Gasteiger partial charge is 0.0642 e. The molecule has 1 heterocycles. The van der Waals surface area contributed by atoms with Crippen molar-refractivity contribution in [3.05, 3.63) is 28.7 Å². The minimum atomic E-state index is 0.820. The van der Waals surface area contributed by atoms with E-state index in [4.69, 9.17) is 4.74 Å². The van der Waals surface area contributed by atoms with Crippen molar-refractivity contribution in [1.29, 1.82) is 0 Å². The van der Waals surface area contributed by atoms with Crippen molar-refractivity contribution in [2.45, 2.75) is 0 Å². The van der Waals surface area contributed by atoms with Gasteiger partial charge in [-0.05, 0) is 12.1 Å². The SMILES string of the molecule is Brc1cc[c]c(N2CCOCC2)c1. The maximum Gasteiger partial charge on any atom is 0.0642 e. The fourth-order valence-corrected chi connectivity index (χ4v) is 1.76. The van der Waals surface area contributed by atoms with Crippen LogP contribution in [0.2, 0.25) is 0 Å². The van der Waals surface area contributed by atoms with E-state index in [2.05, 4.69) is 33.0 Å². The Balaban J connectivity index is 2.14. The Hall–Kier alpha value is -0.540.